The van der Waals surface area contributed by atoms with Crippen LogP contribution in [0.25, 0.3) is 11.3 Å². The third-order valence-corrected chi connectivity index (χ3v) is 2.73. The number of aromatic nitrogens is 1. The van der Waals surface area contributed by atoms with Crippen LogP contribution < -0.4 is 0 Å². The summed E-state index contributed by atoms with van der Waals surface area (Å²) in [6.07, 6.45) is 1.15. The van der Waals surface area contributed by atoms with Crippen molar-refractivity contribution in [1.82, 2.24) is 4.98 Å². The van der Waals surface area contributed by atoms with Crippen molar-refractivity contribution < 1.29 is 14.3 Å². The molecule has 0 spiro atoms. The number of aryl methyl sites for hydroxylation is 1. The maximum Gasteiger partial charge on any atom is 0.358 e. The Kier molecular flexibility index (Phi) is 2.09. The standard InChI is InChI=1S/C9H7NO3S/c1-5-2-14-3-6(5)8-7(9(11)12)10-4-13-8/h2-4H,1H3,(H,11,12). The maximum absolute atomic E-state index is 10.8. The highest BCUT2D eigenvalue weighted by Gasteiger charge is 2.18. The predicted octanol–water partition coefficient (Wildman–Crippen LogP) is 2.41. The van der Waals surface area contributed by atoms with Crippen molar-refractivity contribution in [2.75, 3.05) is 0 Å². The number of rotatable bonds is 2. The van der Waals surface area contributed by atoms with E-state index >= 15 is 0 Å². The minimum atomic E-state index is -1.07. The van der Waals surface area contributed by atoms with Crippen LogP contribution in [0.1, 0.15) is 16.1 Å². The lowest BCUT2D eigenvalue weighted by atomic mass is 10.1. The number of carbonyl (C=O) groups is 1. The lowest BCUT2D eigenvalue weighted by molar-refractivity contribution is 0.0691. The largest absolute Gasteiger partial charge is 0.476 e. The first kappa shape index (κ1) is 8.96. The third kappa shape index (κ3) is 1.31. The average Bonchev–Trinajstić information content (AvgIpc) is 2.70. The highest BCUT2D eigenvalue weighted by molar-refractivity contribution is 7.08. The summed E-state index contributed by atoms with van der Waals surface area (Å²) >= 11 is 1.50. The molecule has 0 radical (unpaired) electrons. The fraction of sp³-hybridized carbons (Fsp3) is 0.111. The molecular formula is C9H7NO3S. The highest BCUT2D eigenvalue weighted by atomic mass is 32.1. The monoisotopic (exact) mass is 209 g/mol. The highest BCUT2D eigenvalue weighted by Crippen LogP contribution is 2.29. The van der Waals surface area contributed by atoms with E-state index in [1.54, 1.807) is 0 Å². The lowest BCUT2D eigenvalue weighted by Gasteiger charge is -1.95. The quantitative estimate of drug-likeness (QED) is 0.824. The van der Waals surface area contributed by atoms with Gasteiger partial charge in [0.15, 0.2) is 17.8 Å². The molecular weight excluding hydrogens is 202 g/mol. The molecule has 4 nitrogen and oxygen atoms in total. The molecule has 0 bridgehead atoms. The summed E-state index contributed by atoms with van der Waals surface area (Å²) in [6, 6.07) is 0. The number of carboxylic acids is 1. The normalized spacial score (nSPS) is 10.4. The van der Waals surface area contributed by atoms with Crippen LogP contribution in [0.4, 0.5) is 0 Å². The molecule has 0 aliphatic rings. The van der Waals surface area contributed by atoms with Gasteiger partial charge in [-0.2, -0.15) is 11.3 Å². The molecule has 0 amide bonds. The summed E-state index contributed by atoms with van der Waals surface area (Å²) < 4.78 is 5.07. The number of hydrogen-bond acceptors (Lipinski definition) is 4. The van der Waals surface area contributed by atoms with Gasteiger partial charge in [-0.25, -0.2) is 9.78 Å². The molecule has 0 aliphatic carbocycles. The molecule has 2 heterocycles. The van der Waals surface area contributed by atoms with E-state index in [9.17, 15) is 4.79 Å². The van der Waals surface area contributed by atoms with Crippen molar-refractivity contribution in [2.45, 2.75) is 6.92 Å². The van der Waals surface area contributed by atoms with Crippen molar-refractivity contribution in [3.8, 4) is 11.3 Å². The van der Waals surface area contributed by atoms with Crippen molar-refractivity contribution in [3.63, 3.8) is 0 Å². The molecule has 2 rings (SSSR count). The van der Waals surface area contributed by atoms with Crippen molar-refractivity contribution in [3.05, 3.63) is 28.4 Å². The Balaban J connectivity index is 2.57. The second kappa shape index (κ2) is 3.26. The molecule has 72 valence electrons. The number of thiophene rings is 1. The zero-order valence-electron chi connectivity index (χ0n) is 7.35. The van der Waals surface area contributed by atoms with Gasteiger partial charge in [-0.05, 0) is 17.9 Å². The first-order valence-electron chi connectivity index (χ1n) is 3.90. The SMILES string of the molecule is Cc1cscc1-c1ocnc1C(=O)O. The van der Waals surface area contributed by atoms with E-state index in [1.165, 1.54) is 11.3 Å². The molecule has 5 heteroatoms. The summed E-state index contributed by atoms with van der Waals surface area (Å²) in [7, 11) is 0. The van der Waals surface area contributed by atoms with E-state index in [1.807, 2.05) is 17.7 Å². The Morgan fingerprint density at radius 1 is 1.57 bits per heavy atom. The van der Waals surface area contributed by atoms with Gasteiger partial charge in [-0.15, -0.1) is 0 Å². The molecule has 0 aliphatic heterocycles. The molecule has 0 saturated carbocycles. The van der Waals surface area contributed by atoms with Crippen molar-refractivity contribution in [2.24, 2.45) is 0 Å². The molecule has 2 aromatic rings. The fourth-order valence-corrected chi connectivity index (χ4v) is 2.01. The fourth-order valence-electron chi connectivity index (χ4n) is 1.18. The van der Waals surface area contributed by atoms with Gasteiger partial charge in [0.25, 0.3) is 0 Å². The van der Waals surface area contributed by atoms with Crippen molar-refractivity contribution in [1.29, 1.82) is 0 Å². The minimum absolute atomic E-state index is 0.0356. The summed E-state index contributed by atoms with van der Waals surface area (Å²) in [5, 5.41) is 12.6. The number of hydrogen-bond donors (Lipinski definition) is 1. The van der Waals surface area contributed by atoms with Crippen LogP contribution in [0.3, 0.4) is 0 Å². The second-order valence-electron chi connectivity index (χ2n) is 2.80. The van der Waals surface area contributed by atoms with Crippen LogP contribution in [-0.2, 0) is 0 Å². The smallest absolute Gasteiger partial charge is 0.358 e. The van der Waals surface area contributed by atoms with E-state index in [4.69, 9.17) is 9.52 Å². The summed E-state index contributed by atoms with van der Waals surface area (Å²) in [6.45, 7) is 1.90. The molecule has 0 aromatic carbocycles. The van der Waals surface area contributed by atoms with Crippen LogP contribution >= 0.6 is 11.3 Å². The van der Waals surface area contributed by atoms with E-state index in [0.717, 1.165) is 17.5 Å². The second-order valence-corrected chi connectivity index (χ2v) is 3.55. The van der Waals surface area contributed by atoms with Crippen LogP contribution in [-0.4, -0.2) is 16.1 Å². The van der Waals surface area contributed by atoms with Gasteiger partial charge in [-0.3, -0.25) is 0 Å². The molecule has 0 atom stereocenters. The van der Waals surface area contributed by atoms with Gasteiger partial charge in [0.2, 0.25) is 0 Å². The maximum atomic E-state index is 10.8. The summed E-state index contributed by atoms with van der Waals surface area (Å²) in [5.74, 6) is -0.740. The van der Waals surface area contributed by atoms with E-state index < -0.39 is 5.97 Å². The first-order chi connectivity index (χ1) is 6.70. The van der Waals surface area contributed by atoms with Crippen molar-refractivity contribution >= 4 is 17.3 Å². The Morgan fingerprint density at radius 3 is 2.93 bits per heavy atom. The van der Waals surface area contributed by atoms with E-state index in [-0.39, 0.29) is 5.69 Å². The van der Waals surface area contributed by atoms with Crippen LogP contribution in [0, 0.1) is 6.92 Å². The number of oxazole rings is 1. The van der Waals surface area contributed by atoms with Gasteiger partial charge in [0.05, 0.1) is 0 Å². The predicted molar refractivity (Wildman–Crippen MR) is 51.5 cm³/mol. The average molecular weight is 209 g/mol. The Labute approximate surface area is 83.8 Å². The van der Waals surface area contributed by atoms with Gasteiger partial charge in [0.1, 0.15) is 0 Å². The third-order valence-electron chi connectivity index (χ3n) is 1.87. The van der Waals surface area contributed by atoms with Crippen LogP contribution in [0.15, 0.2) is 21.6 Å². The number of nitrogens with zero attached hydrogens (tertiary/aromatic N) is 1. The lowest BCUT2D eigenvalue weighted by Crippen LogP contribution is -1.98. The molecule has 0 saturated heterocycles. The Hall–Kier alpha value is -1.62. The summed E-state index contributed by atoms with van der Waals surface area (Å²) in [4.78, 5) is 14.4. The van der Waals surface area contributed by atoms with Crippen LogP contribution in [0.5, 0.6) is 0 Å². The molecule has 0 unspecified atom stereocenters. The topological polar surface area (TPSA) is 63.3 Å². The number of carboxylic acid groups (broad SMARTS) is 1. The zero-order chi connectivity index (χ0) is 10.1. The zero-order valence-corrected chi connectivity index (χ0v) is 8.17. The summed E-state index contributed by atoms with van der Waals surface area (Å²) in [5.41, 5.74) is 1.76. The Morgan fingerprint density at radius 2 is 2.36 bits per heavy atom. The molecule has 0 fully saturated rings. The van der Waals surface area contributed by atoms with Gasteiger partial charge >= 0.3 is 5.97 Å². The number of aromatic carboxylic acids is 1. The minimum Gasteiger partial charge on any atom is -0.476 e. The molecule has 2 aromatic heterocycles. The van der Waals surface area contributed by atoms with Gasteiger partial charge in [-0.1, -0.05) is 0 Å². The Bertz CT molecular complexity index is 472. The van der Waals surface area contributed by atoms with Gasteiger partial charge in [0, 0.05) is 10.9 Å². The molecule has 1 N–H and O–H groups in total. The van der Waals surface area contributed by atoms with E-state index in [2.05, 4.69) is 4.98 Å². The molecule has 14 heavy (non-hydrogen) atoms. The van der Waals surface area contributed by atoms with Gasteiger partial charge < -0.3 is 9.52 Å². The first-order valence-corrected chi connectivity index (χ1v) is 4.84. The van der Waals surface area contributed by atoms with Crippen LogP contribution in [0.2, 0.25) is 0 Å². The van der Waals surface area contributed by atoms with E-state index in [0.29, 0.717) is 5.76 Å².